The second-order valence-electron chi connectivity index (χ2n) is 6.02. The number of anilines is 2. The van der Waals surface area contributed by atoms with Crippen molar-refractivity contribution in [2.45, 2.75) is 16.7 Å². The van der Waals surface area contributed by atoms with E-state index >= 15 is 0 Å². The third-order valence-electron chi connectivity index (χ3n) is 4.06. The van der Waals surface area contributed by atoms with Crippen molar-refractivity contribution in [1.82, 2.24) is 0 Å². The maximum atomic E-state index is 12.7. The van der Waals surface area contributed by atoms with E-state index in [0.29, 0.717) is 28.6 Å². The highest BCUT2D eigenvalue weighted by Gasteiger charge is 2.17. The van der Waals surface area contributed by atoms with Crippen LogP contribution in [-0.4, -0.2) is 15.5 Å². The molecular weight excluding hydrogens is 364 g/mol. The summed E-state index contributed by atoms with van der Waals surface area (Å²) in [4.78, 5) is 0.427. The Hall–Kier alpha value is -3.19. The molecule has 7 heteroatoms. The van der Waals surface area contributed by atoms with Gasteiger partial charge in [0.1, 0.15) is 11.5 Å². The van der Waals surface area contributed by atoms with Crippen molar-refractivity contribution >= 4 is 21.2 Å². The molecule has 3 aromatic carbocycles. The molecule has 3 aromatic rings. The van der Waals surface area contributed by atoms with E-state index in [0.717, 1.165) is 5.56 Å². The van der Waals surface area contributed by atoms with Crippen molar-refractivity contribution < 1.29 is 17.9 Å². The fourth-order valence-corrected chi connectivity index (χ4v) is 3.79. The van der Waals surface area contributed by atoms with E-state index in [-0.39, 0.29) is 9.79 Å². The average Bonchev–Trinajstić information content (AvgIpc) is 2.65. The highest BCUT2D eigenvalue weighted by atomic mass is 32.2. The Morgan fingerprint density at radius 3 is 1.85 bits per heavy atom. The summed E-state index contributed by atoms with van der Waals surface area (Å²) in [6, 6.07) is 16.0. The Bertz CT molecular complexity index is 1060. The lowest BCUT2D eigenvalue weighted by molar-refractivity contribution is 0.411. The second-order valence-corrected chi connectivity index (χ2v) is 7.97. The zero-order valence-electron chi connectivity index (χ0n) is 15.0. The number of nitrogen functional groups attached to an aromatic ring is 2. The summed E-state index contributed by atoms with van der Waals surface area (Å²) in [5, 5.41) is 0. The highest BCUT2D eigenvalue weighted by Crippen LogP contribution is 2.36. The Morgan fingerprint density at radius 1 is 0.778 bits per heavy atom. The predicted octanol–water partition coefficient (Wildman–Crippen LogP) is 3.79. The second kappa shape index (κ2) is 7.20. The van der Waals surface area contributed by atoms with Gasteiger partial charge in [0, 0.05) is 6.07 Å². The minimum absolute atomic E-state index is 0.182. The van der Waals surface area contributed by atoms with Crippen molar-refractivity contribution in [2.75, 3.05) is 18.6 Å². The van der Waals surface area contributed by atoms with Crippen molar-refractivity contribution in [2.24, 2.45) is 0 Å². The summed E-state index contributed by atoms with van der Waals surface area (Å²) in [6.07, 6.45) is 0. The summed E-state index contributed by atoms with van der Waals surface area (Å²) < 4.78 is 36.3. The Labute approximate surface area is 158 Å². The Balaban J connectivity index is 1.87. The van der Waals surface area contributed by atoms with Gasteiger partial charge in [-0.2, -0.15) is 0 Å². The van der Waals surface area contributed by atoms with Crippen LogP contribution in [0.4, 0.5) is 11.4 Å². The maximum absolute atomic E-state index is 12.7. The first kappa shape index (κ1) is 18.6. The molecule has 3 rings (SSSR count). The SMILES string of the molecule is COc1cc(Oc2ccc(S(=O)(=O)c3ccc(C)cc3)cc2)c(N)cc1N. The molecule has 4 N–H and O–H groups in total. The first-order chi connectivity index (χ1) is 12.8. The van der Waals surface area contributed by atoms with E-state index < -0.39 is 9.84 Å². The quantitative estimate of drug-likeness (QED) is 0.649. The molecule has 0 aromatic heterocycles. The molecule has 0 fully saturated rings. The average molecular weight is 384 g/mol. The van der Waals surface area contributed by atoms with Crippen LogP contribution < -0.4 is 20.9 Å². The monoisotopic (exact) mass is 384 g/mol. The lowest BCUT2D eigenvalue weighted by Crippen LogP contribution is -2.02. The fraction of sp³-hybridized carbons (Fsp3) is 0.100. The molecule has 27 heavy (non-hydrogen) atoms. The summed E-state index contributed by atoms with van der Waals surface area (Å²) in [6.45, 7) is 1.90. The number of benzene rings is 3. The van der Waals surface area contributed by atoms with Crippen LogP contribution in [0.2, 0.25) is 0 Å². The zero-order chi connectivity index (χ0) is 19.6. The molecule has 0 spiro atoms. The molecule has 0 atom stereocenters. The smallest absolute Gasteiger partial charge is 0.206 e. The summed E-state index contributed by atoms with van der Waals surface area (Å²) in [5.74, 6) is 1.25. The summed E-state index contributed by atoms with van der Waals surface area (Å²) >= 11 is 0. The van der Waals surface area contributed by atoms with Crippen molar-refractivity contribution in [3.8, 4) is 17.2 Å². The number of ether oxygens (including phenoxy) is 2. The van der Waals surface area contributed by atoms with Crippen LogP contribution in [-0.2, 0) is 9.84 Å². The van der Waals surface area contributed by atoms with Gasteiger partial charge in [-0.15, -0.1) is 0 Å². The number of hydrogen-bond donors (Lipinski definition) is 2. The van der Waals surface area contributed by atoms with Crippen LogP contribution in [0.5, 0.6) is 17.2 Å². The molecule has 0 unspecified atom stereocenters. The number of methoxy groups -OCH3 is 1. The molecule has 6 nitrogen and oxygen atoms in total. The van der Waals surface area contributed by atoms with Crippen molar-refractivity contribution in [3.05, 3.63) is 66.2 Å². The van der Waals surface area contributed by atoms with Gasteiger partial charge in [0.15, 0.2) is 5.75 Å². The third-order valence-corrected chi connectivity index (χ3v) is 5.84. The fourth-order valence-electron chi connectivity index (χ4n) is 2.53. The largest absolute Gasteiger partial charge is 0.494 e. The number of sulfone groups is 1. The third kappa shape index (κ3) is 3.83. The number of hydrogen-bond acceptors (Lipinski definition) is 6. The van der Waals surface area contributed by atoms with Crippen LogP contribution in [0.3, 0.4) is 0 Å². The number of aryl methyl sites for hydroxylation is 1. The van der Waals surface area contributed by atoms with Gasteiger partial charge in [-0.3, -0.25) is 0 Å². The van der Waals surface area contributed by atoms with Crippen LogP contribution in [0, 0.1) is 6.92 Å². The van der Waals surface area contributed by atoms with Crippen LogP contribution >= 0.6 is 0 Å². The molecule has 0 radical (unpaired) electrons. The molecule has 0 saturated heterocycles. The van der Waals surface area contributed by atoms with Gasteiger partial charge in [-0.05, 0) is 49.4 Å². The number of nitrogens with two attached hydrogens (primary N) is 2. The Morgan fingerprint density at radius 2 is 1.30 bits per heavy atom. The van der Waals surface area contributed by atoms with Crippen LogP contribution in [0.25, 0.3) is 0 Å². The van der Waals surface area contributed by atoms with Gasteiger partial charge < -0.3 is 20.9 Å². The first-order valence-corrected chi connectivity index (χ1v) is 9.62. The minimum Gasteiger partial charge on any atom is -0.494 e. The molecule has 0 aliphatic rings. The maximum Gasteiger partial charge on any atom is 0.206 e. The molecule has 0 aliphatic heterocycles. The molecule has 0 bridgehead atoms. The van der Waals surface area contributed by atoms with Crippen LogP contribution in [0.1, 0.15) is 5.56 Å². The van der Waals surface area contributed by atoms with Crippen LogP contribution in [0.15, 0.2) is 70.5 Å². The van der Waals surface area contributed by atoms with E-state index in [1.54, 1.807) is 48.5 Å². The van der Waals surface area contributed by atoms with Gasteiger partial charge in [-0.1, -0.05) is 17.7 Å². The molecular formula is C20H20N2O4S. The van der Waals surface area contributed by atoms with E-state index in [9.17, 15) is 8.42 Å². The first-order valence-electron chi connectivity index (χ1n) is 8.14. The highest BCUT2D eigenvalue weighted by molar-refractivity contribution is 7.91. The Kier molecular flexibility index (Phi) is 4.96. The van der Waals surface area contributed by atoms with Gasteiger partial charge in [0.25, 0.3) is 0 Å². The van der Waals surface area contributed by atoms with E-state index in [1.165, 1.54) is 19.2 Å². The topological polar surface area (TPSA) is 105 Å². The summed E-state index contributed by atoms with van der Waals surface area (Å²) in [7, 11) is -2.09. The van der Waals surface area contributed by atoms with Gasteiger partial charge in [0.05, 0.1) is 28.3 Å². The van der Waals surface area contributed by atoms with E-state index in [2.05, 4.69) is 0 Å². The van der Waals surface area contributed by atoms with Crippen molar-refractivity contribution in [3.63, 3.8) is 0 Å². The standard InChI is InChI=1S/C20H20N2O4S/c1-13-3-7-15(8-4-13)27(23,24)16-9-5-14(6-10-16)26-20-12-19(25-2)17(21)11-18(20)22/h3-12H,21-22H2,1-2H3. The molecule has 140 valence electrons. The van der Waals surface area contributed by atoms with Gasteiger partial charge in [0.2, 0.25) is 9.84 Å². The molecule has 0 amide bonds. The van der Waals surface area contributed by atoms with Crippen molar-refractivity contribution in [1.29, 1.82) is 0 Å². The molecule has 0 heterocycles. The zero-order valence-corrected chi connectivity index (χ0v) is 15.8. The lowest BCUT2D eigenvalue weighted by Gasteiger charge is -2.12. The predicted molar refractivity (Wildman–Crippen MR) is 105 cm³/mol. The lowest BCUT2D eigenvalue weighted by atomic mass is 10.2. The molecule has 0 saturated carbocycles. The summed E-state index contributed by atoms with van der Waals surface area (Å²) in [5.41, 5.74) is 13.5. The van der Waals surface area contributed by atoms with E-state index in [4.69, 9.17) is 20.9 Å². The van der Waals surface area contributed by atoms with E-state index in [1.807, 2.05) is 6.92 Å². The molecule has 0 aliphatic carbocycles. The van der Waals surface area contributed by atoms with Gasteiger partial charge >= 0.3 is 0 Å². The minimum atomic E-state index is -3.59. The number of rotatable bonds is 5. The normalized spacial score (nSPS) is 11.2. The van der Waals surface area contributed by atoms with Gasteiger partial charge in [-0.25, -0.2) is 8.42 Å².